The molecule has 23 heavy (non-hydrogen) atoms. The summed E-state index contributed by atoms with van der Waals surface area (Å²) in [6.45, 7) is 2.02. The monoisotopic (exact) mass is 318 g/mol. The molecule has 0 heterocycles. The number of aryl methyl sites for hydroxylation is 1. The van der Waals surface area contributed by atoms with Crippen molar-refractivity contribution in [3.63, 3.8) is 0 Å². The van der Waals surface area contributed by atoms with Crippen molar-refractivity contribution < 1.29 is 4.79 Å². The van der Waals surface area contributed by atoms with Crippen LogP contribution in [0.5, 0.6) is 0 Å². The third kappa shape index (κ3) is 3.54. The van der Waals surface area contributed by atoms with Gasteiger partial charge in [-0.2, -0.15) is 0 Å². The Morgan fingerprint density at radius 2 is 1.13 bits per heavy atom. The van der Waals surface area contributed by atoms with E-state index in [-0.39, 0.29) is 5.78 Å². The molecule has 1 nitrogen and oxygen atoms in total. The molecule has 0 fully saturated rings. The van der Waals surface area contributed by atoms with Gasteiger partial charge in [0.25, 0.3) is 0 Å². The van der Waals surface area contributed by atoms with Crippen molar-refractivity contribution in [2.24, 2.45) is 0 Å². The summed E-state index contributed by atoms with van der Waals surface area (Å²) in [5.74, 6) is 0.0641. The molecule has 0 unspecified atom stereocenters. The van der Waals surface area contributed by atoms with Crippen LogP contribution in [-0.4, -0.2) is 12.0 Å². The molecule has 0 N–H and O–H groups in total. The molecule has 0 saturated carbocycles. The van der Waals surface area contributed by atoms with E-state index in [1.54, 1.807) is 11.8 Å². The fraction of sp³-hybridized carbons (Fsp3) is 0.0952. The van der Waals surface area contributed by atoms with Crippen LogP contribution in [0.25, 0.3) is 11.1 Å². The molecule has 0 bridgehead atoms. The van der Waals surface area contributed by atoms with Gasteiger partial charge in [0.1, 0.15) is 0 Å². The van der Waals surface area contributed by atoms with Crippen molar-refractivity contribution in [1.29, 1.82) is 0 Å². The average molecular weight is 318 g/mol. The second kappa shape index (κ2) is 6.84. The zero-order chi connectivity index (χ0) is 16.2. The van der Waals surface area contributed by atoms with E-state index in [9.17, 15) is 4.79 Å². The molecule has 0 aliphatic rings. The number of benzene rings is 3. The third-order valence-electron chi connectivity index (χ3n) is 3.88. The number of rotatable bonds is 4. The van der Waals surface area contributed by atoms with Crippen LogP contribution in [-0.2, 0) is 0 Å². The SMILES string of the molecule is CSc1ccc(-c2ccc(C(=O)c3ccc(C)cc3)cc2)cc1. The molecule has 3 aromatic carbocycles. The molecule has 0 atom stereocenters. The second-order valence-corrected chi connectivity index (χ2v) is 6.38. The summed E-state index contributed by atoms with van der Waals surface area (Å²) in [6.07, 6.45) is 2.07. The summed E-state index contributed by atoms with van der Waals surface area (Å²) in [4.78, 5) is 13.7. The lowest BCUT2D eigenvalue weighted by Crippen LogP contribution is -2.00. The minimum Gasteiger partial charge on any atom is -0.289 e. The van der Waals surface area contributed by atoms with Crippen LogP contribution in [0.15, 0.2) is 77.7 Å². The normalized spacial score (nSPS) is 10.5. The van der Waals surface area contributed by atoms with Gasteiger partial charge in [0.2, 0.25) is 0 Å². The first-order chi connectivity index (χ1) is 11.2. The van der Waals surface area contributed by atoms with Crippen LogP contribution in [0, 0.1) is 6.92 Å². The van der Waals surface area contributed by atoms with Gasteiger partial charge in [-0.15, -0.1) is 11.8 Å². The van der Waals surface area contributed by atoms with Gasteiger partial charge >= 0.3 is 0 Å². The van der Waals surface area contributed by atoms with Crippen molar-refractivity contribution in [2.45, 2.75) is 11.8 Å². The van der Waals surface area contributed by atoms with Crippen molar-refractivity contribution in [3.05, 3.63) is 89.5 Å². The fourth-order valence-electron chi connectivity index (χ4n) is 2.47. The summed E-state index contributed by atoms with van der Waals surface area (Å²) >= 11 is 1.73. The Hall–Kier alpha value is -2.32. The lowest BCUT2D eigenvalue weighted by atomic mass is 9.99. The molecule has 0 radical (unpaired) electrons. The Bertz CT molecular complexity index is 800. The van der Waals surface area contributed by atoms with Gasteiger partial charge < -0.3 is 0 Å². The number of hydrogen-bond donors (Lipinski definition) is 0. The third-order valence-corrected chi connectivity index (χ3v) is 4.63. The molecule has 0 spiro atoms. The minimum atomic E-state index is 0.0641. The highest BCUT2D eigenvalue weighted by Crippen LogP contribution is 2.24. The van der Waals surface area contributed by atoms with Crippen molar-refractivity contribution in [2.75, 3.05) is 6.26 Å². The van der Waals surface area contributed by atoms with Gasteiger partial charge in [-0.1, -0.05) is 66.2 Å². The lowest BCUT2D eigenvalue weighted by molar-refractivity contribution is 0.103. The van der Waals surface area contributed by atoms with Crippen molar-refractivity contribution in [3.8, 4) is 11.1 Å². The predicted octanol–water partition coefficient (Wildman–Crippen LogP) is 5.61. The Balaban J connectivity index is 1.83. The molecule has 0 aliphatic heterocycles. The van der Waals surface area contributed by atoms with E-state index in [1.165, 1.54) is 4.90 Å². The molecule has 3 aromatic rings. The first-order valence-corrected chi connectivity index (χ1v) is 8.76. The Labute approximate surface area is 141 Å². The maximum Gasteiger partial charge on any atom is 0.193 e. The Morgan fingerprint density at radius 3 is 1.61 bits per heavy atom. The van der Waals surface area contributed by atoms with Crippen molar-refractivity contribution >= 4 is 17.5 Å². The van der Waals surface area contributed by atoms with Gasteiger partial charge in [0, 0.05) is 16.0 Å². The zero-order valence-electron chi connectivity index (χ0n) is 13.2. The summed E-state index contributed by atoms with van der Waals surface area (Å²) < 4.78 is 0. The minimum absolute atomic E-state index is 0.0641. The second-order valence-electron chi connectivity index (χ2n) is 5.50. The van der Waals surface area contributed by atoms with E-state index in [2.05, 4.69) is 30.5 Å². The van der Waals surface area contributed by atoms with E-state index in [0.717, 1.165) is 27.8 Å². The number of hydrogen-bond acceptors (Lipinski definition) is 2. The van der Waals surface area contributed by atoms with E-state index < -0.39 is 0 Å². The van der Waals surface area contributed by atoms with E-state index in [1.807, 2.05) is 55.5 Å². The smallest absolute Gasteiger partial charge is 0.193 e. The molecular weight excluding hydrogens is 300 g/mol. The van der Waals surface area contributed by atoms with Gasteiger partial charge in [0.15, 0.2) is 5.78 Å². The Morgan fingerprint density at radius 1 is 0.696 bits per heavy atom. The predicted molar refractivity (Wildman–Crippen MR) is 98.3 cm³/mol. The highest BCUT2D eigenvalue weighted by Gasteiger charge is 2.09. The van der Waals surface area contributed by atoms with Crippen LogP contribution >= 0.6 is 11.8 Å². The summed E-state index contributed by atoms with van der Waals surface area (Å²) in [5.41, 5.74) is 4.90. The number of ketones is 1. The van der Waals surface area contributed by atoms with E-state index in [4.69, 9.17) is 0 Å². The van der Waals surface area contributed by atoms with Crippen LogP contribution in [0.2, 0.25) is 0 Å². The standard InChI is InChI=1S/C21H18OS/c1-15-3-5-18(6-4-15)21(22)19-9-7-16(8-10-19)17-11-13-20(23-2)14-12-17/h3-14H,1-2H3. The first-order valence-electron chi connectivity index (χ1n) is 7.53. The van der Waals surface area contributed by atoms with Crippen LogP contribution < -0.4 is 0 Å². The van der Waals surface area contributed by atoms with Gasteiger partial charge in [-0.3, -0.25) is 4.79 Å². The molecule has 0 amide bonds. The zero-order valence-corrected chi connectivity index (χ0v) is 14.1. The first kappa shape index (κ1) is 15.6. The molecule has 0 aromatic heterocycles. The topological polar surface area (TPSA) is 17.1 Å². The molecule has 3 rings (SSSR count). The van der Waals surface area contributed by atoms with Crippen molar-refractivity contribution in [1.82, 2.24) is 0 Å². The molecular formula is C21H18OS. The number of thioether (sulfide) groups is 1. The lowest BCUT2D eigenvalue weighted by Gasteiger charge is -2.06. The van der Waals surface area contributed by atoms with Gasteiger partial charge in [-0.25, -0.2) is 0 Å². The number of carbonyl (C=O) groups excluding carboxylic acids is 1. The quantitative estimate of drug-likeness (QED) is 0.459. The maximum atomic E-state index is 12.5. The molecule has 2 heteroatoms. The van der Waals surface area contributed by atoms with Crippen LogP contribution in [0.3, 0.4) is 0 Å². The highest BCUT2D eigenvalue weighted by molar-refractivity contribution is 7.98. The molecule has 0 aliphatic carbocycles. The Kier molecular flexibility index (Phi) is 4.63. The largest absolute Gasteiger partial charge is 0.289 e. The molecule has 0 saturated heterocycles. The molecule has 114 valence electrons. The van der Waals surface area contributed by atoms with Gasteiger partial charge in [-0.05, 0) is 36.4 Å². The number of carbonyl (C=O) groups is 1. The van der Waals surface area contributed by atoms with Crippen LogP contribution in [0.1, 0.15) is 21.5 Å². The van der Waals surface area contributed by atoms with Crippen LogP contribution in [0.4, 0.5) is 0 Å². The van der Waals surface area contributed by atoms with Gasteiger partial charge in [0.05, 0.1) is 0 Å². The summed E-state index contributed by atoms with van der Waals surface area (Å²) in [6, 6.07) is 24.0. The fourth-order valence-corrected chi connectivity index (χ4v) is 2.88. The van der Waals surface area contributed by atoms with E-state index in [0.29, 0.717) is 0 Å². The maximum absolute atomic E-state index is 12.5. The highest BCUT2D eigenvalue weighted by atomic mass is 32.2. The summed E-state index contributed by atoms with van der Waals surface area (Å²) in [5, 5.41) is 0. The summed E-state index contributed by atoms with van der Waals surface area (Å²) in [7, 11) is 0. The average Bonchev–Trinajstić information content (AvgIpc) is 2.62. The van der Waals surface area contributed by atoms with E-state index >= 15 is 0 Å².